The van der Waals surface area contributed by atoms with Crippen LogP contribution in [0.4, 0.5) is 0 Å². The van der Waals surface area contributed by atoms with Crippen LogP contribution in [-0.2, 0) is 4.79 Å². The fourth-order valence-corrected chi connectivity index (χ4v) is 3.60. The Balaban J connectivity index is 2.19. The number of nitrogens with one attached hydrogen (secondary N) is 1. The Morgan fingerprint density at radius 3 is 2.21 bits per heavy atom. The van der Waals surface area contributed by atoms with Crippen LogP contribution >= 0.6 is 0 Å². The van der Waals surface area contributed by atoms with E-state index in [2.05, 4.69) is 37.4 Å². The monoisotopic (exact) mass is 397 g/mol. The minimum absolute atomic E-state index is 0.0960. The minimum Gasteiger partial charge on any atom is -0.496 e. The molecule has 0 radical (unpaired) electrons. The molecule has 0 saturated heterocycles. The van der Waals surface area contributed by atoms with E-state index >= 15 is 0 Å². The van der Waals surface area contributed by atoms with Gasteiger partial charge in [-0.2, -0.15) is 0 Å². The summed E-state index contributed by atoms with van der Waals surface area (Å²) < 4.78 is 11.6. The average Bonchev–Trinajstić information content (AvgIpc) is 2.66. The zero-order valence-corrected chi connectivity index (χ0v) is 19.1. The lowest BCUT2D eigenvalue weighted by Crippen LogP contribution is -2.39. The molecule has 4 nitrogen and oxygen atoms in total. The smallest absolute Gasteiger partial charge is 0.261 e. The lowest BCUT2D eigenvalue weighted by atomic mass is 9.93. The topological polar surface area (TPSA) is 47.6 Å². The Hall–Kier alpha value is -2.49. The van der Waals surface area contributed by atoms with Gasteiger partial charge in [-0.15, -0.1) is 0 Å². The Kier molecular flexibility index (Phi) is 7.72. The van der Waals surface area contributed by atoms with E-state index in [-0.39, 0.29) is 11.9 Å². The SMILES string of the molecule is CC[C@@H](Oc1ccc(C)cc1C)C(=O)N[C@H](C)c1cc(C(C)C)c(OC)cc1C. The second kappa shape index (κ2) is 9.82. The Bertz CT molecular complexity index is 857. The molecule has 29 heavy (non-hydrogen) atoms. The van der Waals surface area contributed by atoms with Crippen LogP contribution < -0.4 is 14.8 Å². The van der Waals surface area contributed by atoms with Gasteiger partial charge in [0.15, 0.2) is 6.10 Å². The first-order chi connectivity index (χ1) is 13.7. The first kappa shape index (κ1) is 22.8. The number of methoxy groups -OCH3 is 1. The lowest BCUT2D eigenvalue weighted by molar-refractivity contribution is -0.128. The largest absolute Gasteiger partial charge is 0.496 e. The second-order valence-electron chi connectivity index (χ2n) is 8.12. The number of ether oxygens (including phenoxy) is 2. The molecule has 2 atom stereocenters. The van der Waals surface area contributed by atoms with Gasteiger partial charge in [0.2, 0.25) is 0 Å². The molecule has 0 aliphatic rings. The van der Waals surface area contributed by atoms with Crippen LogP contribution in [0.15, 0.2) is 30.3 Å². The summed E-state index contributed by atoms with van der Waals surface area (Å²) in [6.45, 7) is 14.4. The van der Waals surface area contributed by atoms with Crippen LogP contribution in [0.2, 0.25) is 0 Å². The Labute approximate surface area is 175 Å². The molecule has 0 unspecified atom stereocenters. The number of rotatable bonds is 8. The van der Waals surface area contributed by atoms with Gasteiger partial charge in [0.1, 0.15) is 11.5 Å². The second-order valence-corrected chi connectivity index (χ2v) is 8.12. The fourth-order valence-electron chi connectivity index (χ4n) is 3.60. The van der Waals surface area contributed by atoms with Crippen LogP contribution in [0.3, 0.4) is 0 Å². The molecule has 1 amide bonds. The van der Waals surface area contributed by atoms with Gasteiger partial charge in [-0.1, -0.05) is 38.5 Å². The summed E-state index contributed by atoms with van der Waals surface area (Å²) in [5.74, 6) is 1.89. The molecule has 4 heteroatoms. The highest BCUT2D eigenvalue weighted by Gasteiger charge is 2.23. The molecule has 2 aromatic carbocycles. The van der Waals surface area contributed by atoms with E-state index < -0.39 is 6.10 Å². The van der Waals surface area contributed by atoms with Crippen molar-refractivity contribution in [3.8, 4) is 11.5 Å². The molecular formula is C25H35NO3. The maximum Gasteiger partial charge on any atom is 0.261 e. The number of hydrogen-bond acceptors (Lipinski definition) is 3. The Morgan fingerprint density at radius 2 is 1.66 bits per heavy atom. The standard InChI is InChI=1S/C25H35NO3/c1-9-22(29-23-11-10-16(4)12-18(23)6)25(27)26-19(7)21-14-20(15(2)3)24(28-8)13-17(21)5/h10-15,19,22H,9H2,1-8H3,(H,26,27)/t19-,22-/m1/s1. The molecular weight excluding hydrogens is 362 g/mol. The molecule has 2 aromatic rings. The van der Waals surface area contributed by atoms with E-state index in [1.165, 1.54) is 5.56 Å². The zero-order valence-electron chi connectivity index (χ0n) is 19.1. The highest BCUT2D eigenvalue weighted by atomic mass is 16.5. The van der Waals surface area contributed by atoms with Gasteiger partial charge in [-0.25, -0.2) is 0 Å². The van der Waals surface area contributed by atoms with E-state index in [1.54, 1.807) is 7.11 Å². The van der Waals surface area contributed by atoms with Crippen molar-refractivity contribution < 1.29 is 14.3 Å². The quantitative estimate of drug-likeness (QED) is 0.614. The van der Waals surface area contributed by atoms with Gasteiger partial charge in [-0.05, 0) is 80.5 Å². The zero-order chi connectivity index (χ0) is 21.7. The third-order valence-corrected chi connectivity index (χ3v) is 5.33. The van der Waals surface area contributed by atoms with Crippen molar-refractivity contribution in [2.45, 2.75) is 73.0 Å². The summed E-state index contributed by atoms with van der Waals surface area (Å²) >= 11 is 0. The third-order valence-electron chi connectivity index (χ3n) is 5.33. The maximum absolute atomic E-state index is 12.9. The van der Waals surface area contributed by atoms with Crippen LogP contribution in [0.25, 0.3) is 0 Å². The average molecular weight is 398 g/mol. The summed E-state index contributed by atoms with van der Waals surface area (Å²) in [4.78, 5) is 12.9. The number of aryl methyl sites for hydroxylation is 3. The van der Waals surface area contributed by atoms with Gasteiger partial charge in [0.05, 0.1) is 13.2 Å². The molecule has 2 rings (SSSR count). The van der Waals surface area contributed by atoms with Crippen molar-refractivity contribution in [1.29, 1.82) is 0 Å². The Morgan fingerprint density at radius 1 is 0.966 bits per heavy atom. The van der Waals surface area contributed by atoms with Crippen molar-refractivity contribution >= 4 is 5.91 Å². The predicted molar refractivity (Wildman–Crippen MR) is 119 cm³/mol. The number of hydrogen-bond donors (Lipinski definition) is 1. The van der Waals surface area contributed by atoms with Gasteiger partial charge < -0.3 is 14.8 Å². The molecule has 0 aliphatic heterocycles. The normalized spacial score (nSPS) is 13.1. The van der Waals surface area contributed by atoms with Gasteiger partial charge in [-0.3, -0.25) is 4.79 Å². The van der Waals surface area contributed by atoms with Crippen molar-refractivity contribution in [3.63, 3.8) is 0 Å². The molecule has 0 spiro atoms. The van der Waals surface area contributed by atoms with Crippen molar-refractivity contribution in [2.24, 2.45) is 0 Å². The van der Waals surface area contributed by atoms with Crippen LogP contribution in [0, 0.1) is 20.8 Å². The summed E-state index contributed by atoms with van der Waals surface area (Å²) in [7, 11) is 1.70. The van der Waals surface area contributed by atoms with Gasteiger partial charge in [0.25, 0.3) is 5.91 Å². The van der Waals surface area contributed by atoms with Crippen LogP contribution in [0.5, 0.6) is 11.5 Å². The highest BCUT2D eigenvalue weighted by molar-refractivity contribution is 5.81. The minimum atomic E-state index is -0.526. The van der Waals surface area contributed by atoms with E-state index in [9.17, 15) is 4.79 Å². The number of amides is 1. The summed E-state index contributed by atoms with van der Waals surface area (Å²) in [6, 6.07) is 10.1. The van der Waals surface area contributed by atoms with E-state index in [1.807, 2.05) is 46.8 Å². The predicted octanol–water partition coefficient (Wildman–Crippen LogP) is 5.78. The molecule has 0 heterocycles. The summed E-state index contributed by atoms with van der Waals surface area (Å²) in [5.41, 5.74) is 5.56. The van der Waals surface area contributed by atoms with Crippen molar-refractivity contribution in [1.82, 2.24) is 5.32 Å². The van der Waals surface area contributed by atoms with Crippen LogP contribution in [0.1, 0.15) is 73.9 Å². The molecule has 158 valence electrons. The maximum atomic E-state index is 12.9. The molecule has 0 aromatic heterocycles. The number of carbonyl (C=O) groups is 1. The summed E-state index contributed by atoms with van der Waals surface area (Å²) in [6.07, 6.45) is 0.0759. The van der Waals surface area contributed by atoms with E-state index in [4.69, 9.17) is 9.47 Å². The first-order valence-corrected chi connectivity index (χ1v) is 10.4. The molecule has 0 aliphatic carbocycles. The van der Waals surface area contributed by atoms with Crippen molar-refractivity contribution in [2.75, 3.05) is 7.11 Å². The number of carbonyl (C=O) groups excluding carboxylic acids is 1. The molecule has 0 bridgehead atoms. The third kappa shape index (κ3) is 5.53. The fraction of sp³-hybridized carbons (Fsp3) is 0.480. The highest BCUT2D eigenvalue weighted by Crippen LogP contribution is 2.32. The number of benzene rings is 2. The van der Waals surface area contributed by atoms with Gasteiger partial charge >= 0.3 is 0 Å². The lowest BCUT2D eigenvalue weighted by Gasteiger charge is -2.24. The van der Waals surface area contributed by atoms with Crippen LogP contribution in [-0.4, -0.2) is 19.1 Å². The van der Waals surface area contributed by atoms with Crippen molar-refractivity contribution in [3.05, 3.63) is 58.1 Å². The first-order valence-electron chi connectivity index (χ1n) is 10.4. The molecule has 0 saturated carbocycles. The molecule has 1 N–H and O–H groups in total. The van der Waals surface area contributed by atoms with Gasteiger partial charge in [0, 0.05) is 0 Å². The van der Waals surface area contributed by atoms with E-state index in [0.29, 0.717) is 12.3 Å². The van der Waals surface area contributed by atoms with E-state index in [0.717, 1.165) is 33.8 Å². The molecule has 0 fully saturated rings. The summed E-state index contributed by atoms with van der Waals surface area (Å²) in [5, 5.41) is 3.14.